The number of nitrogens with one attached hydrogen (secondary N) is 2. The summed E-state index contributed by atoms with van der Waals surface area (Å²) >= 11 is 0. The largest absolute Gasteiger partial charge is 0.480 e. The fourth-order valence-corrected chi connectivity index (χ4v) is 2.03. The van der Waals surface area contributed by atoms with Crippen LogP contribution in [0.1, 0.15) is 40.2 Å². The SMILES string of the molecule is CCNS(=O)Cc1ccccc1.COC(C)(C)C.C[C@H](NC=O)C(=O)O. The topological polar surface area (TPSA) is 105 Å². The number of aliphatic carboxylic acids is 1. The van der Waals surface area contributed by atoms with Gasteiger partial charge in [0, 0.05) is 13.7 Å². The predicted octanol–water partition coefficient (Wildman–Crippen LogP) is 2.10. The number of benzene rings is 1. The summed E-state index contributed by atoms with van der Waals surface area (Å²) in [4.78, 5) is 19.4. The Morgan fingerprint density at radius 2 is 1.81 bits per heavy atom. The van der Waals surface area contributed by atoms with Gasteiger partial charge in [0.15, 0.2) is 0 Å². The molecule has 150 valence electrons. The van der Waals surface area contributed by atoms with E-state index < -0.39 is 23.0 Å². The lowest BCUT2D eigenvalue weighted by Crippen LogP contribution is -2.32. The van der Waals surface area contributed by atoms with Gasteiger partial charge in [0.1, 0.15) is 6.04 Å². The van der Waals surface area contributed by atoms with Crippen molar-refractivity contribution in [2.45, 2.75) is 52.0 Å². The van der Waals surface area contributed by atoms with E-state index in [2.05, 4.69) is 10.0 Å². The lowest BCUT2D eigenvalue weighted by molar-refractivity contribution is -0.140. The molecule has 8 heteroatoms. The van der Waals surface area contributed by atoms with Crippen LogP contribution in [0, 0.1) is 0 Å². The van der Waals surface area contributed by atoms with Gasteiger partial charge in [-0.25, -0.2) is 8.93 Å². The lowest BCUT2D eigenvalue weighted by atomic mass is 10.2. The number of hydrogen-bond donors (Lipinski definition) is 3. The van der Waals surface area contributed by atoms with Gasteiger partial charge in [0.05, 0.1) is 22.3 Å². The molecule has 0 aliphatic carbocycles. The summed E-state index contributed by atoms with van der Waals surface area (Å²) in [5, 5.41) is 10.2. The number of carbonyl (C=O) groups excluding carboxylic acids is 1. The van der Waals surface area contributed by atoms with Crippen molar-refractivity contribution < 1.29 is 23.6 Å². The highest BCUT2D eigenvalue weighted by Crippen LogP contribution is 2.02. The monoisotopic (exact) mass is 388 g/mol. The summed E-state index contributed by atoms with van der Waals surface area (Å²) in [5.41, 5.74) is 1.15. The number of amides is 1. The smallest absolute Gasteiger partial charge is 0.325 e. The zero-order valence-corrected chi connectivity index (χ0v) is 17.3. The van der Waals surface area contributed by atoms with E-state index in [1.807, 2.05) is 58.0 Å². The maximum Gasteiger partial charge on any atom is 0.325 e. The van der Waals surface area contributed by atoms with E-state index in [-0.39, 0.29) is 5.60 Å². The molecule has 0 heterocycles. The summed E-state index contributed by atoms with van der Waals surface area (Å²) in [7, 11) is 0.787. The molecular weight excluding hydrogens is 356 g/mol. The number of carbonyl (C=O) groups is 2. The van der Waals surface area contributed by atoms with E-state index in [1.54, 1.807) is 7.11 Å². The Bertz CT molecular complexity index is 518. The Labute approximate surface area is 159 Å². The first-order valence-electron chi connectivity index (χ1n) is 8.20. The zero-order chi connectivity index (χ0) is 20.6. The standard InChI is InChI=1S/C9H13NOS.C5H12O.C4H7NO3/c1-2-10-12(11)8-9-6-4-3-5-7-9;1-5(2,3)6-4;1-3(4(7)8)5-2-6/h3-7,10H,2,8H2,1H3;1-4H3;2-3H,1H3,(H,5,6)(H,7,8)/t;;3-/m..0/s1. The van der Waals surface area contributed by atoms with Crippen LogP contribution in [0.3, 0.4) is 0 Å². The lowest BCUT2D eigenvalue weighted by Gasteiger charge is -2.14. The average molecular weight is 389 g/mol. The third-order valence-electron chi connectivity index (χ3n) is 2.75. The minimum absolute atomic E-state index is 0.0417. The number of methoxy groups -OCH3 is 1. The molecule has 0 fully saturated rings. The Balaban J connectivity index is 0. The van der Waals surface area contributed by atoms with E-state index in [0.717, 1.165) is 12.1 Å². The van der Waals surface area contributed by atoms with Crippen molar-refractivity contribution in [3.63, 3.8) is 0 Å². The fraction of sp³-hybridized carbons (Fsp3) is 0.556. The van der Waals surface area contributed by atoms with Gasteiger partial charge in [0.25, 0.3) is 0 Å². The van der Waals surface area contributed by atoms with Gasteiger partial charge >= 0.3 is 5.97 Å². The Morgan fingerprint density at radius 3 is 2.12 bits per heavy atom. The normalized spacial score (nSPS) is 12.4. The van der Waals surface area contributed by atoms with E-state index in [9.17, 15) is 13.8 Å². The minimum Gasteiger partial charge on any atom is -0.480 e. The quantitative estimate of drug-likeness (QED) is 0.621. The van der Waals surface area contributed by atoms with Crippen molar-refractivity contribution in [2.24, 2.45) is 0 Å². The van der Waals surface area contributed by atoms with Crippen LogP contribution in [0.15, 0.2) is 30.3 Å². The summed E-state index contributed by atoms with van der Waals surface area (Å²) in [6.07, 6.45) is 0.360. The third kappa shape index (κ3) is 18.6. The van der Waals surface area contributed by atoms with E-state index in [1.165, 1.54) is 6.92 Å². The van der Waals surface area contributed by atoms with Gasteiger partial charge in [-0.05, 0) is 33.3 Å². The maximum absolute atomic E-state index is 11.2. The molecule has 1 rings (SSSR count). The Kier molecular flexibility index (Phi) is 15.8. The average Bonchev–Trinajstić information content (AvgIpc) is 2.56. The van der Waals surface area contributed by atoms with E-state index in [4.69, 9.17) is 9.84 Å². The van der Waals surface area contributed by atoms with Gasteiger partial charge in [-0.2, -0.15) is 0 Å². The second kappa shape index (κ2) is 15.5. The summed E-state index contributed by atoms with van der Waals surface area (Å²) < 4.78 is 19.0. The molecule has 1 unspecified atom stereocenters. The number of carboxylic acid groups (broad SMARTS) is 1. The van der Waals surface area contributed by atoms with E-state index >= 15 is 0 Å². The Hall–Kier alpha value is -1.77. The van der Waals surface area contributed by atoms with Crippen LogP contribution in [0.4, 0.5) is 0 Å². The molecule has 0 radical (unpaired) electrons. The molecule has 2 atom stereocenters. The minimum atomic E-state index is -1.03. The molecule has 1 aromatic carbocycles. The van der Waals surface area contributed by atoms with Crippen LogP contribution in [-0.4, -0.2) is 47.0 Å². The Morgan fingerprint density at radius 1 is 1.31 bits per heavy atom. The molecule has 0 aliphatic heterocycles. The zero-order valence-electron chi connectivity index (χ0n) is 16.4. The van der Waals surface area contributed by atoms with Crippen LogP contribution in [0.25, 0.3) is 0 Å². The number of rotatable bonds is 7. The van der Waals surface area contributed by atoms with Crippen LogP contribution in [0.5, 0.6) is 0 Å². The third-order valence-corrected chi connectivity index (χ3v) is 3.95. The van der Waals surface area contributed by atoms with E-state index in [0.29, 0.717) is 12.2 Å². The highest BCUT2D eigenvalue weighted by atomic mass is 32.2. The van der Waals surface area contributed by atoms with Crippen LogP contribution in [0.2, 0.25) is 0 Å². The molecule has 0 bridgehead atoms. The van der Waals surface area contributed by atoms with Crippen molar-refractivity contribution in [2.75, 3.05) is 13.7 Å². The van der Waals surface area contributed by atoms with Gasteiger partial charge in [-0.1, -0.05) is 37.3 Å². The summed E-state index contributed by atoms with van der Waals surface area (Å²) in [5.74, 6) is -0.439. The number of carboxylic acids is 1. The second-order valence-electron chi connectivity index (χ2n) is 6.13. The van der Waals surface area contributed by atoms with Gasteiger partial charge in [-0.15, -0.1) is 0 Å². The van der Waals surface area contributed by atoms with Crippen LogP contribution < -0.4 is 10.0 Å². The first-order chi connectivity index (χ1) is 12.1. The summed E-state index contributed by atoms with van der Waals surface area (Å²) in [6, 6.07) is 9.05. The number of hydrogen-bond acceptors (Lipinski definition) is 4. The van der Waals surface area contributed by atoms with Crippen molar-refractivity contribution in [3.8, 4) is 0 Å². The van der Waals surface area contributed by atoms with Crippen molar-refractivity contribution in [1.29, 1.82) is 0 Å². The molecule has 0 spiro atoms. The van der Waals surface area contributed by atoms with Crippen LogP contribution >= 0.6 is 0 Å². The summed E-state index contributed by atoms with van der Waals surface area (Å²) in [6.45, 7) is 10.1. The van der Waals surface area contributed by atoms with Crippen molar-refractivity contribution >= 4 is 23.4 Å². The molecular formula is C18H32N2O5S. The maximum atomic E-state index is 11.2. The van der Waals surface area contributed by atoms with Crippen molar-refractivity contribution in [3.05, 3.63) is 35.9 Å². The number of ether oxygens (including phenoxy) is 1. The first kappa shape index (κ1) is 26.5. The molecule has 0 aliphatic rings. The van der Waals surface area contributed by atoms with Gasteiger partial charge < -0.3 is 15.2 Å². The molecule has 7 nitrogen and oxygen atoms in total. The first-order valence-corrected chi connectivity index (χ1v) is 9.52. The molecule has 3 N–H and O–H groups in total. The molecule has 1 amide bonds. The highest BCUT2D eigenvalue weighted by molar-refractivity contribution is 7.82. The predicted molar refractivity (Wildman–Crippen MR) is 105 cm³/mol. The van der Waals surface area contributed by atoms with Gasteiger partial charge in [-0.3, -0.25) is 9.59 Å². The molecule has 0 saturated heterocycles. The second-order valence-corrected chi connectivity index (χ2v) is 7.40. The van der Waals surface area contributed by atoms with Gasteiger partial charge in [0.2, 0.25) is 6.41 Å². The highest BCUT2D eigenvalue weighted by Gasteiger charge is 2.06. The molecule has 1 aromatic rings. The van der Waals surface area contributed by atoms with Crippen molar-refractivity contribution in [1.82, 2.24) is 10.0 Å². The molecule has 26 heavy (non-hydrogen) atoms. The molecule has 0 aromatic heterocycles. The fourth-order valence-electron chi connectivity index (χ4n) is 1.11. The van der Waals surface area contributed by atoms with Crippen LogP contribution in [-0.2, 0) is 31.1 Å². The molecule has 0 saturated carbocycles.